The van der Waals surface area contributed by atoms with E-state index in [1.54, 1.807) is 35.2 Å². The van der Waals surface area contributed by atoms with Gasteiger partial charge in [0.1, 0.15) is 6.33 Å². The molecule has 162 valence electrons. The number of hydrogen-bond acceptors (Lipinski definition) is 7. The van der Waals surface area contributed by atoms with Crippen LogP contribution in [0.3, 0.4) is 0 Å². The number of thioether (sulfide) groups is 1. The van der Waals surface area contributed by atoms with Crippen molar-refractivity contribution in [3.63, 3.8) is 0 Å². The highest BCUT2D eigenvalue weighted by Crippen LogP contribution is 2.25. The Kier molecular flexibility index (Phi) is 6.62. The van der Waals surface area contributed by atoms with E-state index in [-0.39, 0.29) is 17.6 Å². The summed E-state index contributed by atoms with van der Waals surface area (Å²) in [5, 5.41) is 16.4. The lowest BCUT2D eigenvalue weighted by atomic mass is 10.1. The molecule has 2 N–H and O–H groups in total. The second-order valence-corrected chi connectivity index (χ2v) is 8.80. The van der Waals surface area contributed by atoms with Crippen LogP contribution >= 0.6 is 23.1 Å². The minimum atomic E-state index is -0.292. The van der Waals surface area contributed by atoms with E-state index in [9.17, 15) is 9.59 Å². The number of nitrogens with zero attached hydrogens (tertiary/aromatic N) is 4. The fraction of sp³-hybridized carbons (Fsp3) is 0.136. The summed E-state index contributed by atoms with van der Waals surface area (Å²) in [5.41, 5.74) is 3.95. The molecule has 32 heavy (non-hydrogen) atoms. The Morgan fingerprint density at radius 3 is 2.69 bits per heavy atom. The number of amides is 2. The van der Waals surface area contributed by atoms with Crippen molar-refractivity contribution in [2.75, 3.05) is 16.4 Å². The SMILES string of the molecule is Cc1ccc(-c2csc(NC(=O)c3cccc(NC(=O)CSc4nncn4C)c3)n2)cc1. The van der Waals surface area contributed by atoms with Crippen molar-refractivity contribution >= 4 is 45.7 Å². The Morgan fingerprint density at radius 1 is 1.12 bits per heavy atom. The van der Waals surface area contributed by atoms with E-state index < -0.39 is 0 Å². The first-order valence-corrected chi connectivity index (χ1v) is 11.5. The number of aryl methyl sites for hydroxylation is 2. The van der Waals surface area contributed by atoms with Gasteiger partial charge in [0, 0.05) is 29.2 Å². The summed E-state index contributed by atoms with van der Waals surface area (Å²) in [6.07, 6.45) is 1.58. The molecule has 2 amide bonds. The standard InChI is InChI=1S/C22H20N6O2S2/c1-14-6-8-15(9-7-14)18-11-31-21(25-18)26-20(30)16-4-3-5-17(10-16)24-19(29)12-32-22-27-23-13-28(22)2/h3-11,13H,12H2,1-2H3,(H,24,29)(H,25,26,30). The third kappa shape index (κ3) is 5.40. The molecule has 8 nitrogen and oxygen atoms in total. The van der Waals surface area contributed by atoms with E-state index in [0.717, 1.165) is 11.3 Å². The third-order valence-corrected chi connectivity index (χ3v) is 6.27. The maximum absolute atomic E-state index is 12.7. The summed E-state index contributed by atoms with van der Waals surface area (Å²) in [5.74, 6) is -0.304. The molecule has 0 aliphatic carbocycles. The van der Waals surface area contributed by atoms with Gasteiger partial charge in [-0.1, -0.05) is 47.7 Å². The molecule has 0 radical (unpaired) electrons. The average molecular weight is 465 g/mol. The molecule has 2 aromatic heterocycles. The molecule has 0 unspecified atom stereocenters. The van der Waals surface area contributed by atoms with Crippen LogP contribution in [0.2, 0.25) is 0 Å². The maximum atomic E-state index is 12.7. The Labute approximate surface area is 193 Å². The second-order valence-electron chi connectivity index (χ2n) is 7.00. The molecule has 2 heterocycles. The van der Waals surface area contributed by atoms with Gasteiger partial charge in [0.2, 0.25) is 5.91 Å². The lowest BCUT2D eigenvalue weighted by Gasteiger charge is -2.07. The fourth-order valence-electron chi connectivity index (χ4n) is 2.83. The van der Waals surface area contributed by atoms with Crippen molar-refractivity contribution in [3.8, 4) is 11.3 Å². The molecule has 0 aliphatic rings. The molecule has 0 saturated carbocycles. The lowest BCUT2D eigenvalue weighted by molar-refractivity contribution is -0.113. The Hall–Kier alpha value is -3.50. The molecule has 2 aromatic carbocycles. The molecule has 0 fully saturated rings. The predicted octanol–water partition coefficient (Wildman–Crippen LogP) is 4.23. The summed E-state index contributed by atoms with van der Waals surface area (Å²) < 4.78 is 1.74. The average Bonchev–Trinajstić information content (AvgIpc) is 3.42. The Bertz CT molecular complexity index is 1250. The third-order valence-electron chi connectivity index (χ3n) is 4.48. The zero-order valence-corrected chi connectivity index (χ0v) is 19.0. The van der Waals surface area contributed by atoms with Gasteiger partial charge in [-0.25, -0.2) is 4.98 Å². The predicted molar refractivity (Wildman–Crippen MR) is 127 cm³/mol. The number of thiazole rings is 1. The normalized spacial score (nSPS) is 10.7. The highest BCUT2D eigenvalue weighted by molar-refractivity contribution is 7.99. The molecule has 0 bridgehead atoms. The highest BCUT2D eigenvalue weighted by atomic mass is 32.2. The van der Waals surface area contributed by atoms with Gasteiger partial charge in [0.25, 0.3) is 5.91 Å². The molecule has 0 saturated heterocycles. The van der Waals surface area contributed by atoms with Gasteiger partial charge in [0.15, 0.2) is 10.3 Å². The summed E-state index contributed by atoms with van der Waals surface area (Å²) in [7, 11) is 1.81. The molecule has 0 atom stereocenters. The quantitative estimate of drug-likeness (QED) is 0.397. The van der Waals surface area contributed by atoms with Crippen molar-refractivity contribution in [1.29, 1.82) is 0 Å². The van der Waals surface area contributed by atoms with E-state index in [2.05, 4.69) is 25.8 Å². The second kappa shape index (κ2) is 9.75. The van der Waals surface area contributed by atoms with Gasteiger partial charge in [-0.05, 0) is 25.1 Å². The topological polar surface area (TPSA) is 102 Å². The molecule has 0 spiro atoms. The van der Waals surface area contributed by atoms with Crippen LogP contribution in [0.15, 0.2) is 65.4 Å². The Morgan fingerprint density at radius 2 is 1.94 bits per heavy atom. The van der Waals surface area contributed by atoms with Crippen LogP contribution in [0.5, 0.6) is 0 Å². The van der Waals surface area contributed by atoms with Crippen LogP contribution in [0, 0.1) is 6.92 Å². The number of anilines is 2. The van der Waals surface area contributed by atoms with Gasteiger partial charge < -0.3 is 9.88 Å². The van der Waals surface area contributed by atoms with Gasteiger partial charge in [0.05, 0.1) is 11.4 Å². The van der Waals surface area contributed by atoms with Crippen LogP contribution in [-0.2, 0) is 11.8 Å². The first-order chi connectivity index (χ1) is 15.5. The van der Waals surface area contributed by atoms with Gasteiger partial charge in [-0.2, -0.15) is 0 Å². The first-order valence-electron chi connectivity index (χ1n) is 9.68. The number of nitrogens with one attached hydrogen (secondary N) is 2. The van der Waals surface area contributed by atoms with Crippen LogP contribution in [0.25, 0.3) is 11.3 Å². The fourth-order valence-corrected chi connectivity index (χ4v) is 4.23. The summed E-state index contributed by atoms with van der Waals surface area (Å²) in [6, 6.07) is 14.8. The number of rotatable bonds is 7. The minimum absolute atomic E-state index is 0.184. The Balaban J connectivity index is 1.36. The number of aromatic nitrogens is 4. The van der Waals surface area contributed by atoms with Crippen molar-refractivity contribution in [3.05, 3.63) is 71.4 Å². The number of carbonyl (C=O) groups is 2. The van der Waals surface area contributed by atoms with E-state index >= 15 is 0 Å². The highest BCUT2D eigenvalue weighted by Gasteiger charge is 2.12. The van der Waals surface area contributed by atoms with Crippen molar-refractivity contribution in [2.45, 2.75) is 12.1 Å². The number of hydrogen-bond donors (Lipinski definition) is 2. The number of carbonyl (C=O) groups excluding carboxylic acids is 2. The van der Waals surface area contributed by atoms with Crippen LogP contribution in [0.4, 0.5) is 10.8 Å². The van der Waals surface area contributed by atoms with E-state index in [4.69, 9.17) is 0 Å². The van der Waals surface area contributed by atoms with Gasteiger partial charge in [-0.3, -0.25) is 14.9 Å². The zero-order valence-electron chi connectivity index (χ0n) is 17.4. The number of benzene rings is 2. The molecule has 10 heteroatoms. The van der Waals surface area contributed by atoms with Crippen LogP contribution < -0.4 is 10.6 Å². The molecule has 0 aliphatic heterocycles. The zero-order chi connectivity index (χ0) is 22.5. The monoisotopic (exact) mass is 464 g/mol. The smallest absolute Gasteiger partial charge is 0.257 e. The molecular formula is C22H20N6O2S2. The van der Waals surface area contributed by atoms with Crippen molar-refractivity contribution in [2.24, 2.45) is 7.05 Å². The van der Waals surface area contributed by atoms with Gasteiger partial charge in [-0.15, -0.1) is 21.5 Å². The minimum Gasteiger partial charge on any atom is -0.325 e. The van der Waals surface area contributed by atoms with E-state index in [1.807, 2.05) is 43.6 Å². The van der Waals surface area contributed by atoms with E-state index in [0.29, 0.717) is 21.5 Å². The van der Waals surface area contributed by atoms with Gasteiger partial charge >= 0.3 is 0 Å². The van der Waals surface area contributed by atoms with Crippen LogP contribution in [-0.4, -0.2) is 37.3 Å². The lowest BCUT2D eigenvalue weighted by Crippen LogP contribution is -2.16. The summed E-state index contributed by atoms with van der Waals surface area (Å²) in [6.45, 7) is 2.03. The largest absolute Gasteiger partial charge is 0.325 e. The van der Waals surface area contributed by atoms with E-state index in [1.165, 1.54) is 28.7 Å². The molecule has 4 aromatic rings. The van der Waals surface area contributed by atoms with Crippen molar-refractivity contribution < 1.29 is 9.59 Å². The summed E-state index contributed by atoms with van der Waals surface area (Å²) in [4.78, 5) is 29.4. The summed E-state index contributed by atoms with van der Waals surface area (Å²) >= 11 is 2.65. The molecule has 4 rings (SSSR count). The molecular weight excluding hydrogens is 444 g/mol. The maximum Gasteiger partial charge on any atom is 0.257 e. The van der Waals surface area contributed by atoms with Crippen molar-refractivity contribution in [1.82, 2.24) is 19.7 Å². The van der Waals surface area contributed by atoms with Crippen LogP contribution in [0.1, 0.15) is 15.9 Å². The first kappa shape index (κ1) is 21.7.